The lowest BCUT2D eigenvalue weighted by molar-refractivity contribution is -0.384. The highest BCUT2D eigenvalue weighted by Gasteiger charge is 2.43. The number of carbonyl (C=O) groups is 1. The summed E-state index contributed by atoms with van der Waals surface area (Å²) in [5.74, 6) is 3.31. The second-order valence-electron chi connectivity index (χ2n) is 17.3. The summed E-state index contributed by atoms with van der Waals surface area (Å²) in [4.78, 5) is 27.4. The number of nitrogens with two attached hydrogens (primary N) is 1. The molecule has 67 heavy (non-hydrogen) atoms. The molecule has 0 bridgehead atoms. The van der Waals surface area contributed by atoms with E-state index in [1.54, 1.807) is 0 Å². The first-order valence-corrected chi connectivity index (χ1v) is 22.2. The summed E-state index contributed by atoms with van der Waals surface area (Å²) in [6.07, 6.45) is 18.6. The van der Waals surface area contributed by atoms with Gasteiger partial charge in [0.1, 0.15) is 23.0 Å². The summed E-state index contributed by atoms with van der Waals surface area (Å²) in [5, 5.41) is 10.3. The molecule has 16 heteroatoms. The molecular weight excluding hydrogens is 864 g/mol. The van der Waals surface area contributed by atoms with Gasteiger partial charge in [0, 0.05) is 64.4 Å². The van der Waals surface area contributed by atoms with Crippen LogP contribution < -0.4 is 24.7 Å². The molecule has 349 valence electrons. The SMILES string of the molecule is C.COC(=O)Oc1ccc([N+](=O)[O-])cc1.Cl.NCc1ccc2c(c1)C1(CCCCC1)CO2.[B].[B][B].[C-]#[N+]c1ccc2c(c1)C1(CCCCC1)CO2.[C-]#[N+]c1ccc2c(c1)C1(CCCCC1)CO2. The number of rotatable bonds is 3. The van der Waals surface area contributed by atoms with Gasteiger partial charge in [0.2, 0.25) is 0 Å². The van der Waals surface area contributed by atoms with Crippen LogP contribution in [-0.2, 0) is 27.5 Å². The first-order valence-electron chi connectivity index (χ1n) is 22.2. The predicted octanol–water partition coefficient (Wildman–Crippen LogP) is 12.1. The molecule has 4 aromatic rings. The number of fused-ring (bicyclic) bond motifs is 6. The van der Waals surface area contributed by atoms with Crippen LogP contribution >= 0.6 is 12.4 Å². The molecule has 0 atom stereocenters. The van der Waals surface area contributed by atoms with Crippen molar-refractivity contribution in [2.75, 3.05) is 26.9 Å². The zero-order chi connectivity index (χ0) is 45.6. The summed E-state index contributed by atoms with van der Waals surface area (Å²) >= 11 is 0. The Labute approximate surface area is 407 Å². The van der Waals surface area contributed by atoms with Crippen molar-refractivity contribution in [3.63, 3.8) is 0 Å². The number of non-ortho nitro benzene ring substituents is 1. The maximum Gasteiger partial charge on any atom is 0.513 e. The molecule has 0 saturated heterocycles. The summed E-state index contributed by atoms with van der Waals surface area (Å²) in [7, 11) is 9.17. The van der Waals surface area contributed by atoms with Crippen molar-refractivity contribution in [1.29, 1.82) is 0 Å². The summed E-state index contributed by atoms with van der Waals surface area (Å²) in [5.41, 5.74) is 13.2. The Morgan fingerprint density at radius 2 is 1.04 bits per heavy atom. The van der Waals surface area contributed by atoms with Crippen LogP contribution in [-0.4, -0.2) is 61.9 Å². The van der Waals surface area contributed by atoms with Crippen LogP contribution in [0.2, 0.25) is 0 Å². The van der Waals surface area contributed by atoms with Gasteiger partial charge in [-0.3, -0.25) is 10.1 Å². The van der Waals surface area contributed by atoms with E-state index in [1.165, 1.54) is 150 Å². The Balaban J connectivity index is 0.000000231. The normalized spacial score (nSPS) is 17.3. The average molecular weight is 926 g/mol. The number of nitro groups is 1. The summed E-state index contributed by atoms with van der Waals surface area (Å²) in [6.45, 7) is 17.3. The van der Waals surface area contributed by atoms with E-state index in [0.717, 1.165) is 48.4 Å². The van der Waals surface area contributed by atoms with E-state index >= 15 is 0 Å². The average Bonchev–Trinajstić information content (AvgIpc) is 4.01. The molecule has 7 radical (unpaired) electrons. The Hall–Kier alpha value is -5.63. The number of carbonyl (C=O) groups excluding carboxylic acids is 1. The Morgan fingerprint density at radius 3 is 1.39 bits per heavy atom. The molecular formula is C51H61B3ClN4O8. The quantitative estimate of drug-likeness (QED) is 0.0531. The third-order valence-electron chi connectivity index (χ3n) is 13.5. The fourth-order valence-corrected chi connectivity index (χ4v) is 10.1. The number of hydrogen-bond acceptors (Lipinski definition) is 9. The number of nitrogens with zero attached hydrogens (tertiary/aromatic N) is 3. The number of halogens is 1. The lowest BCUT2D eigenvalue weighted by Gasteiger charge is -2.32. The number of methoxy groups -OCH3 is 1. The van der Waals surface area contributed by atoms with Gasteiger partial charge in [-0.1, -0.05) is 89.5 Å². The van der Waals surface area contributed by atoms with Crippen LogP contribution in [0.3, 0.4) is 0 Å². The van der Waals surface area contributed by atoms with Gasteiger partial charge in [-0.2, -0.15) is 0 Å². The van der Waals surface area contributed by atoms with Crippen molar-refractivity contribution in [3.8, 4) is 23.0 Å². The monoisotopic (exact) mass is 925 g/mol. The zero-order valence-corrected chi connectivity index (χ0v) is 38.6. The Kier molecular flexibility index (Phi) is 21.7. The van der Waals surface area contributed by atoms with Gasteiger partial charge < -0.3 is 29.4 Å². The van der Waals surface area contributed by atoms with Crippen LogP contribution in [0.1, 0.15) is 126 Å². The van der Waals surface area contributed by atoms with Gasteiger partial charge in [0.15, 0.2) is 11.4 Å². The summed E-state index contributed by atoms with van der Waals surface area (Å²) in [6, 6.07) is 23.3. The molecule has 6 aliphatic rings. The third-order valence-corrected chi connectivity index (χ3v) is 13.5. The smallest absolute Gasteiger partial charge is 0.492 e. The number of hydrogen-bond donors (Lipinski definition) is 1. The van der Waals surface area contributed by atoms with E-state index in [4.69, 9.17) is 33.1 Å². The van der Waals surface area contributed by atoms with Crippen LogP contribution in [0.15, 0.2) is 78.9 Å². The number of benzene rings is 4. The zero-order valence-electron chi connectivity index (χ0n) is 37.8. The lowest BCUT2D eigenvalue weighted by Crippen LogP contribution is -2.30. The van der Waals surface area contributed by atoms with Crippen molar-refractivity contribution in [2.24, 2.45) is 5.73 Å². The first kappa shape index (κ1) is 55.7. The van der Waals surface area contributed by atoms with Crippen molar-refractivity contribution >= 4 is 59.5 Å². The fourth-order valence-electron chi connectivity index (χ4n) is 10.1. The highest BCUT2D eigenvalue weighted by atomic mass is 35.5. The molecule has 3 aliphatic heterocycles. The van der Waals surface area contributed by atoms with Crippen LogP contribution in [0.4, 0.5) is 21.9 Å². The minimum absolute atomic E-state index is 0. The second-order valence-corrected chi connectivity index (χ2v) is 17.3. The Morgan fingerprint density at radius 1 is 0.672 bits per heavy atom. The molecule has 3 spiro atoms. The van der Waals surface area contributed by atoms with Gasteiger partial charge in [0.25, 0.3) is 5.69 Å². The highest BCUT2D eigenvalue weighted by Crippen LogP contribution is 2.51. The third kappa shape index (κ3) is 13.1. The molecule has 0 unspecified atom stereocenters. The van der Waals surface area contributed by atoms with Crippen molar-refractivity contribution in [2.45, 2.75) is 127 Å². The minimum atomic E-state index is -0.862. The molecule has 12 nitrogen and oxygen atoms in total. The van der Waals surface area contributed by atoms with Gasteiger partial charge in [-0.25, -0.2) is 14.5 Å². The van der Waals surface area contributed by atoms with Crippen LogP contribution in [0.5, 0.6) is 23.0 Å². The van der Waals surface area contributed by atoms with E-state index in [1.807, 2.05) is 36.4 Å². The van der Waals surface area contributed by atoms with Gasteiger partial charge in [0.05, 0.1) is 45.0 Å². The van der Waals surface area contributed by atoms with Crippen LogP contribution in [0, 0.1) is 23.3 Å². The second kappa shape index (κ2) is 26.1. The van der Waals surface area contributed by atoms with E-state index in [2.05, 4.69) is 52.8 Å². The fraction of sp³-hybridized carbons (Fsp3) is 0.471. The van der Waals surface area contributed by atoms with Gasteiger partial charge in [-0.15, -0.1) is 12.4 Å². The standard InChI is InChI=1S/2C14H15NO.C14H19NO.C8H7NO5.CH4.B2.B.ClH/c2*1-15-11-5-6-13-12(9-11)14(10-16-13)7-3-2-4-8-14;15-9-11-4-5-13-12(8-11)14(10-16-13)6-2-1-3-7-14;1-13-8(10)14-7-4-2-6(3-5-7)9(11)12;;1-2;;/h2*5-6,9H,2-4,7-8,10H2;4-5,8H,1-3,6-7,9-10,15H2;2-5H,1H3;1H4;;;1H. The molecule has 3 fully saturated rings. The summed E-state index contributed by atoms with van der Waals surface area (Å²) < 4.78 is 26.3. The van der Waals surface area contributed by atoms with Crippen LogP contribution in [0.25, 0.3) is 9.69 Å². The molecule has 4 aromatic carbocycles. The van der Waals surface area contributed by atoms with E-state index in [-0.39, 0.29) is 50.5 Å². The maximum absolute atomic E-state index is 10.6. The Bertz CT molecular complexity index is 2220. The molecule has 3 aliphatic carbocycles. The van der Waals surface area contributed by atoms with E-state index in [9.17, 15) is 14.9 Å². The highest BCUT2D eigenvalue weighted by molar-refractivity contribution is 6.75. The van der Waals surface area contributed by atoms with Gasteiger partial charge >= 0.3 is 6.16 Å². The predicted molar refractivity (Wildman–Crippen MR) is 268 cm³/mol. The van der Waals surface area contributed by atoms with E-state index in [0.29, 0.717) is 12.0 Å². The molecule has 2 N–H and O–H groups in total. The number of nitro benzene ring substituents is 1. The molecule has 3 saturated carbocycles. The lowest BCUT2D eigenvalue weighted by atomic mass is 9.70. The largest absolute Gasteiger partial charge is 0.513 e. The van der Waals surface area contributed by atoms with Crippen molar-refractivity contribution in [3.05, 3.63) is 134 Å². The topological polar surface area (TPSA) is 141 Å². The van der Waals surface area contributed by atoms with Crippen molar-refractivity contribution in [1.82, 2.24) is 0 Å². The maximum atomic E-state index is 10.6. The molecule has 0 aromatic heterocycles. The molecule has 10 rings (SSSR count). The molecule has 3 heterocycles. The molecule has 0 amide bonds. The minimum Gasteiger partial charge on any atom is -0.492 e. The first-order chi connectivity index (χ1) is 31.1. The van der Waals surface area contributed by atoms with Gasteiger partial charge in [-0.05, 0) is 97.7 Å². The number of ether oxygens (including phenoxy) is 5. The van der Waals surface area contributed by atoms with E-state index < -0.39 is 11.1 Å². The van der Waals surface area contributed by atoms with Crippen molar-refractivity contribution < 1.29 is 33.4 Å².